The highest BCUT2D eigenvalue weighted by Gasteiger charge is 2.31. The van der Waals surface area contributed by atoms with Crippen molar-refractivity contribution in [3.63, 3.8) is 0 Å². The van der Waals surface area contributed by atoms with E-state index in [4.69, 9.17) is 0 Å². The Morgan fingerprint density at radius 3 is 2.71 bits per heavy atom. The Balaban J connectivity index is 2.03. The zero-order valence-corrected chi connectivity index (χ0v) is 13.1. The number of nitrogens with zero attached hydrogens (tertiary/aromatic N) is 3. The van der Waals surface area contributed by atoms with Crippen molar-refractivity contribution in [2.24, 2.45) is 0 Å². The molecule has 1 aliphatic heterocycles. The number of amides is 1. The van der Waals surface area contributed by atoms with E-state index in [2.05, 4.69) is 15.5 Å². The number of sulfone groups is 1. The van der Waals surface area contributed by atoms with Gasteiger partial charge in [0.2, 0.25) is 0 Å². The standard InChI is InChI=1S/C13H20N4O3S/c1-3-7-14-13(18)11-4-5-12(16-15-11)17(2)10-6-8-21(19,20)9-10/h4-5,10H,3,6-9H2,1-2H3,(H,14,18). The van der Waals surface area contributed by atoms with Gasteiger partial charge < -0.3 is 10.2 Å². The van der Waals surface area contributed by atoms with Gasteiger partial charge in [0.25, 0.3) is 5.91 Å². The molecule has 2 rings (SSSR count). The first-order chi connectivity index (χ1) is 9.93. The van der Waals surface area contributed by atoms with E-state index in [-0.39, 0.29) is 29.1 Å². The number of hydrogen-bond donors (Lipinski definition) is 1. The van der Waals surface area contributed by atoms with E-state index in [9.17, 15) is 13.2 Å². The van der Waals surface area contributed by atoms with Gasteiger partial charge in [0.05, 0.1) is 11.5 Å². The Kier molecular flexibility index (Phi) is 4.76. The lowest BCUT2D eigenvalue weighted by molar-refractivity contribution is 0.0947. The molecule has 116 valence electrons. The predicted molar refractivity (Wildman–Crippen MR) is 80.1 cm³/mol. The summed E-state index contributed by atoms with van der Waals surface area (Å²) in [7, 11) is -1.14. The summed E-state index contributed by atoms with van der Waals surface area (Å²) in [5.41, 5.74) is 0.264. The van der Waals surface area contributed by atoms with Gasteiger partial charge in [-0.25, -0.2) is 8.42 Å². The Labute approximate surface area is 124 Å². The van der Waals surface area contributed by atoms with E-state index in [0.29, 0.717) is 18.8 Å². The van der Waals surface area contributed by atoms with Crippen molar-refractivity contribution in [1.82, 2.24) is 15.5 Å². The van der Waals surface area contributed by atoms with Crippen molar-refractivity contribution in [2.75, 3.05) is 30.0 Å². The maximum Gasteiger partial charge on any atom is 0.271 e. The summed E-state index contributed by atoms with van der Waals surface area (Å²) in [6, 6.07) is 3.22. The number of hydrogen-bond acceptors (Lipinski definition) is 6. The van der Waals surface area contributed by atoms with Crippen LogP contribution < -0.4 is 10.2 Å². The molecule has 1 amide bonds. The predicted octanol–water partition coefficient (Wildman–Crippen LogP) is 0.240. The van der Waals surface area contributed by atoms with Gasteiger partial charge in [-0.2, -0.15) is 0 Å². The Bertz CT molecular complexity index is 600. The lowest BCUT2D eigenvalue weighted by Gasteiger charge is -2.23. The highest BCUT2D eigenvalue weighted by molar-refractivity contribution is 7.91. The highest BCUT2D eigenvalue weighted by Crippen LogP contribution is 2.20. The van der Waals surface area contributed by atoms with E-state index in [1.807, 2.05) is 11.8 Å². The molecule has 0 bridgehead atoms. The highest BCUT2D eigenvalue weighted by atomic mass is 32.2. The fraction of sp³-hybridized carbons (Fsp3) is 0.615. The van der Waals surface area contributed by atoms with Crippen LogP contribution in [0.2, 0.25) is 0 Å². The van der Waals surface area contributed by atoms with E-state index in [1.165, 1.54) is 0 Å². The summed E-state index contributed by atoms with van der Waals surface area (Å²) in [4.78, 5) is 13.5. The molecule has 0 radical (unpaired) electrons. The van der Waals surface area contributed by atoms with Gasteiger partial charge in [-0.15, -0.1) is 10.2 Å². The number of anilines is 1. The summed E-state index contributed by atoms with van der Waals surface area (Å²) in [6.45, 7) is 2.57. The third kappa shape index (κ3) is 3.90. The number of carbonyl (C=O) groups excluding carboxylic acids is 1. The lowest BCUT2D eigenvalue weighted by Crippen LogP contribution is -2.33. The quantitative estimate of drug-likeness (QED) is 0.837. The molecule has 0 spiro atoms. The van der Waals surface area contributed by atoms with Crippen LogP contribution in [-0.2, 0) is 9.84 Å². The van der Waals surface area contributed by atoms with Gasteiger partial charge in [0, 0.05) is 19.6 Å². The lowest BCUT2D eigenvalue weighted by atomic mass is 10.2. The SMILES string of the molecule is CCCNC(=O)c1ccc(N(C)C2CCS(=O)(=O)C2)nn1. The Morgan fingerprint density at radius 1 is 1.43 bits per heavy atom. The van der Waals surface area contributed by atoms with Crippen molar-refractivity contribution in [1.29, 1.82) is 0 Å². The molecular weight excluding hydrogens is 292 g/mol. The van der Waals surface area contributed by atoms with Gasteiger partial charge in [-0.3, -0.25) is 4.79 Å². The second kappa shape index (κ2) is 6.38. The van der Waals surface area contributed by atoms with Crippen LogP contribution in [-0.4, -0.2) is 55.7 Å². The zero-order chi connectivity index (χ0) is 15.5. The fourth-order valence-corrected chi connectivity index (χ4v) is 4.01. The van der Waals surface area contributed by atoms with Crippen molar-refractivity contribution in [3.8, 4) is 0 Å². The molecule has 0 aliphatic carbocycles. The minimum atomic E-state index is -2.93. The van der Waals surface area contributed by atoms with Crippen LogP contribution in [0.15, 0.2) is 12.1 Å². The molecule has 1 aromatic heterocycles. The third-order valence-corrected chi connectivity index (χ3v) is 5.29. The topological polar surface area (TPSA) is 92.3 Å². The molecule has 21 heavy (non-hydrogen) atoms. The molecule has 1 unspecified atom stereocenters. The van der Waals surface area contributed by atoms with Crippen LogP contribution in [0.5, 0.6) is 0 Å². The number of rotatable bonds is 5. The van der Waals surface area contributed by atoms with E-state index < -0.39 is 9.84 Å². The maximum atomic E-state index is 11.7. The first-order valence-corrected chi connectivity index (χ1v) is 8.80. The summed E-state index contributed by atoms with van der Waals surface area (Å²) < 4.78 is 23.0. The molecule has 0 aromatic carbocycles. The first-order valence-electron chi connectivity index (χ1n) is 6.98. The van der Waals surface area contributed by atoms with Crippen LogP contribution in [0.3, 0.4) is 0 Å². The fourth-order valence-electron chi connectivity index (χ4n) is 2.23. The molecule has 0 saturated carbocycles. The van der Waals surface area contributed by atoms with Gasteiger partial charge in [0.15, 0.2) is 21.3 Å². The van der Waals surface area contributed by atoms with Crippen molar-refractivity contribution in [3.05, 3.63) is 17.8 Å². The first kappa shape index (κ1) is 15.7. The molecule has 1 fully saturated rings. The third-order valence-electron chi connectivity index (χ3n) is 3.54. The molecule has 1 atom stereocenters. The monoisotopic (exact) mass is 312 g/mol. The van der Waals surface area contributed by atoms with Crippen molar-refractivity contribution < 1.29 is 13.2 Å². The average Bonchev–Trinajstić information content (AvgIpc) is 2.84. The normalized spacial score (nSPS) is 20.2. The van der Waals surface area contributed by atoms with Crippen LogP contribution in [0, 0.1) is 0 Å². The van der Waals surface area contributed by atoms with Gasteiger partial charge >= 0.3 is 0 Å². The zero-order valence-electron chi connectivity index (χ0n) is 12.2. The number of aromatic nitrogens is 2. The van der Waals surface area contributed by atoms with Gasteiger partial charge in [0.1, 0.15) is 0 Å². The van der Waals surface area contributed by atoms with Gasteiger partial charge in [-0.1, -0.05) is 6.92 Å². The molecular formula is C13H20N4O3S. The summed E-state index contributed by atoms with van der Waals surface area (Å²) >= 11 is 0. The van der Waals surface area contributed by atoms with E-state index in [1.54, 1.807) is 19.2 Å². The van der Waals surface area contributed by atoms with Crippen molar-refractivity contribution in [2.45, 2.75) is 25.8 Å². The molecule has 2 heterocycles. The summed E-state index contributed by atoms with van der Waals surface area (Å²) in [5.74, 6) is 0.683. The molecule has 7 nitrogen and oxygen atoms in total. The average molecular weight is 312 g/mol. The van der Waals surface area contributed by atoms with Crippen LogP contribution >= 0.6 is 0 Å². The Hall–Kier alpha value is -1.70. The van der Waals surface area contributed by atoms with E-state index in [0.717, 1.165) is 6.42 Å². The number of carbonyl (C=O) groups is 1. The summed E-state index contributed by atoms with van der Waals surface area (Å²) in [5, 5.41) is 10.7. The Morgan fingerprint density at radius 2 is 2.19 bits per heavy atom. The molecule has 1 N–H and O–H groups in total. The minimum absolute atomic E-state index is 0.0796. The molecule has 1 saturated heterocycles. The van der Waals surface area contributed by atoms with Crippen LogP contribution in [0.25, 0.3) is 0 Å². The van der Waals surface area contributed by atoms with Crippen molar-refractivity contribution >= 4 is 21.6 Å². The van der Waals surface area contributed by atoms with Gasteiger partial charge in [-0.05, 0) is 25.0 Å². The molecule has 1 aliphatic rings. The second-order valence-electron chi connectivity index (χ2n) is 5.20. The summed E-state index contributed by atoms with van der Waals surface area (Å²) in [6.07, 6.45) is 1.45. The largest absolute Gasteiger partial charge is 0.354 e. The van der Waals surface area contributed by atoms with Crippen LogP contribution in [0.1, 0.15) is 30.3 Å². The molecule has 1 aromatic rings. The van der Waals surface area contributed by atoms with E-state index >= 15 is 0 Å². The smallest absolute Gasteiger partial charge is 0.271 e. The van der Waals surface area contributed by atoms with Crippen LogP contribution in [0.4, 0.5) is 5.82 Å². The maximum absolute atomic E-state index is 11.7. The second-order valence-corrected chi connectivity index (χ2v) is 7.43. The molecule has 8 heteroatoms. The number of nitrogens with one attached hydrogen (secondary N) is 1. The minimum Gasteiger partial charge on any atom is -0.354 e.